The van der Waals surface area contributed by atoms with Crippen LogP contribution in [0.15, 0.2) is 40.5 Å². The molecule has 0 saturated carbocycles. The summed E-state index contributed by atoms with van der Waals surface area (Å²) in [5.41, 5.74) is 1.20. The Balaban J connectivity index is 2.54. The van der Waals surface area contributed by atoms with Crippen molar-refractivity contribution in [2.45, 2.75) is 59.4 Å². The standard InChI is InChI=1S/C25H34N4O6/c1-7-8-12-26-24(31)22(14(2)3)28-23(30)19-15(4)27-16(5)20(25(32)35-6)21(19)17-10-9-11-18(13-17)29(33)34/h9-11,13-14,20-22H,7-8,12H2,1-6H3,(H,26,31)(H,28,30). The Kier molecular flexibility index (Phi) is 9.68. The number of nitro groups is 1. The molecule has 0 spiro atoms. The number of esters is 1. The third kappa shape index (κ3) is 6.52. The minimum atomic E-state index is -0.956. The van der Waals surface area contributed by atoms with Gasteiger partial charge in [0.1, 0.15) is 12.0 Å². The number of rotatable bonds is 10. The van der Waals surface area contributed by atoms with Crippen molar-refractivity contribution in [3.8, 4) is 0 Å². The molecule has 0 aliphatic carbocycles. The molecular weight excluding hydrogens is 452 g/mol. The van der Waals surface area contributed by atoms with Gasteiger partial charge in [0.2, 0.25) is 11.8 Å². The number of ether oxygens (including phenoxy) is 1. The maximum Gasteiger partial charge on any atom is 0.315 e. The minimum Gasteiger partial charge on any atom is -0.468 e. The van der Waals surface area contributed by atoms with Crippen LogP contribution in [0.1, 0.15) is 58.9 Å². The van der Waals surface area contributed by atoms with Crippen molar-refractivity contribution in [1.82, 2.24) is 10.6 Å². The summed E-state index contributed by atoms with van der Waals surface area (Å²) in [6, 6.07) is 5.01. The molecule has 0 bridgehead atoms. The molecule has 1 aliphatic rings. The van der Waals surface area contributed by atoms with E-state index >= 15 is 0 Å². The van der Waals surface area contributed by atoms with Crippen LogP contribution >= 0.6 is 0 Å². The number of hydrogen-bond donors (Lipinski definition) is 2. The number of carbonyl (C=O) groups is 3. The lowest BCUT2D eigenvalue weighted by molar-refractivity contribution is -0.384. The van der Waals surface area contributed by atoms with E-state index in [2.05, 4.69) is 15.6 Å². The topological polar surface area (TPSA) is 140 Å². The van der Waals surface area contributed by atoms with Crippen LogP contribution in [0.3, 0.4) is 0 Å². The minimum absolute atomic E-state index is 0.165. The molecule has 1 aromatic rings. The van der Waals surface area contributed by atoms with Gasteiger partial charge in [-0.1, -0.05) is 39.3 Å². The molecule has 3 atom stereocenters. The highest BCUT2D eigenvalue weighted by molar-refractivity contribution is 6.08. The zero-order chi connectivity index (χ0) is 26.3. The highest BCUT2D eigenvalue weighted by Gasteiger charge is 2.42. The third-order valence-corrected chi connectivity index (χ3v) is 6.03. The van der Waals surface area contributed by atoms with E-state index in [1.807, 2.05) is 20.8 Å². The first-order valence-corrected chi connectivity index (χ1v) is 11.7. The lowest BCUT2D eigenvalue weighted by Gasteiger charge is -2.32. The van der Waals surface area contributed by atoms with Crippen LogP contribution in [0.4, 0.5) is 5.69 Å². The lowest BCUT2D eigenvalue weighted by Crippen LogP contribution is -2.51. The summed E-state index contributed by atoms with van der Waals surface area (Å²) in [5.74, 6) is -3.51. The summed E-state index contributed by atoms with van der Waals surface area (Å²) in [4.78, 5) is 54.5. The second-order valence-corrected chi connectivity index (χ2v) is 8.92. The van der Waals surface area contributed by atoms with E-state index in [9.17, 15) is 24.5 Å². The summed E-state index contributed by atoms with van der Waals surface area (Å²) >= 11 is 0. The van der Waals surface area contributed by atoms with E-state index in [-0.39, 0.29) is 23.1 Å². The highest BCUT2D eigenvalue weighted by atomic mass is 16.6. The largest absolute Gasteiger partial charge is 0.468 e. The maximum atomic E-state index is 13.6. The van der Waals surface area contributed by atoms with E-state index in [1.165, 1.54) is 25.3 Å². The first kappa shape index (κ1) is 27.7. The predicted octanol–water partition coefficient (Wildman–Crippen LogP) is 3.27. The first-order valence-electron chi connectivity index (χ1n) is 11.7. The van der Waals surface area contributed by atoms with Gasteiger partial charge in [0.05, 0.1) is 12.0 Å². The van der Waals surface area contributed by atoms with Crippen LogP contribution in [-0.4, -0.2) is 48.1 Å². The summed E-state index contributed by atoms with van der Waals surface area (Å²) in [7, 11) is 1.24. The van der Waals surface area contributed by atoms with Gasteiger partial charge in [0.15, 0.2) is 0 Å². The number of allylic oxidation sites excluding steroid dienone is 1. The third-order valence-electron chi connectivity index (χ3n) is 6.03. The SMILES string of the molecule is CCCCNC(=O)C(NC(=O)C1=C(C)N=C(C)C(C(=O)OC)C1c1cccc([N+](=O)[O-])c1)C(C)C. The van der Waals surface area contributed by atoms with Crippen LogP contribution in [0, 0.1) is 22.0 Å². The average molecular weight is 487 g/mol. The number of nitrogens with one attached hydrogen (secondary N) is 2. The second-order valence-electron chi connectivity index (χ2n) is 8.92. The fourth-order valence-electron chi connectivity index (χ4n) is 4.21. The molecule has 2 amide bonds. The van der Waals surface area contributed by atoms with Gasteiger partial charge in [0.25, 0.3) is 5.69 Å². The zero-order valence-corrected chi connectivity index (χ0v) is 21.1. The van der Waals surface area contributed by atoms with Gasteiger partial charge in [0, 0.05) is 41.6 Å². The van der Waals surface area contributed by atoms with Gasteiger partial charge in [-0.05, 0) is 31.7 Å². The Morgan fingerprint density at radius 3 is 2.49 bits per heavy atom. The molecule has 10 heteroatoms. The van der Waals surface area contributed by atoms with Crippen molar-refractivity contribution in [3.63, 3.8) is 0 Å². The first-order chi connectivity index (χ1) is 16.5. The number of amides is 2. The Labute approximate surface area is 205 Å². The molecule has 0 radical (unpaired) electrons. The van der Waals surface area contributed by atoms with Gasteiger partial charge in [-0.15, -0.1) is 0 Å². The molecule has 0 saturated heterocycles. The van der Waals surface area contributed by atoms with Crippen LogP contribution in [0.2, 0.25) is 0 Å². The lowest BCUT2D eigenvalue weighted by atomic mass is 9.75. The number of aliphatic imine (C=N–C) groups is 1. The zero-order valence-electron chi connectivity index (χ0n) is 21.1. The molecule has 10 nitrogen and oxygen atoms in total. The monoisotopic (exact) mass is 486 g/mol. The molecule has 1 heterocycles. The number of nitro benzene ring substituents is 1. The molecule has 190 valence electrons. The van der Waals surface area contributed by atoms with Gasteiger partial charge >= 0.3 is 5.97 Å². The molecule has 2 rings (SSSR count). The van der Waals surface area contributed by atoms with E-state index < -0.39 is 34.7 Å². The van der Waals surface area contributed by atoms with E-state index in [0.29, 0.717) is 23.5 Å². The van der Waals surface area contributed by atoms with E-state index in [1.54, 1.807) is 19.9 Å². The number of hydrogen-bond acceptors (Lipinski definition) is 7. The van der Waals surface area contributed by atoms with Crippen molar-refractivity contribution in [2.75, 3.05) is 13.7 Å². The van der Waals surface area contributed by atoms with Crippen LogP contribution in [0.5, 0.6) is 0 Å². The van der Waals surface area contributed by atoms with Gasteiger partial charge in [-0.25, -0.2) is 0 Å². The molecule has 35 heavy (non-hydrogen) atoms. The van der Waals surface area contributed by atoms with Crippen molar-refractivity contribution in [2.24, 2.45) is 16.8 Å². The summed E-state index contributed by atoms with van der Waals surface area (Å²) in [5, 5.41) is 17.1. The average Bonchev–Trinajstić information content (AvgIpc) is 2.81. The second kappa shape index (κ2) is 12.2. The molecule has 2 N–H and O–H groups in total. The Hall–Kier alpha value is -3.56. The Bertz CT molecular complexity index is 1050. The van der Waals surface area contributed by atoms with Crippen molar-refractivity contribution in [1.29, 1.82) is 0 Å². The maximum absolute atomic E-state index is 13.6. The van der Waals surface area contributed by atoms with E-state index in [0.717, 1.165) is 12.8 Å². The molecule has 1 aromatic carbocycles. The number of non-ortho nitro benzene ring substituents is 1. The van der Waals surface area contributed by atoms with Crippen LogP contribution < -0.4 is 10.6 Å². The van der Waals surface area contributed by atoms with Crippen molar-refractivity contribution < 1.29 is 24.0 Å². The highest BCUT2D eigenvalue weighted by Crippen LogP contribution is 2.40. The fourth-order valence-corrected chi connectivity index (χ4v) is 4.21. The molecule has 0 fully saturated rings. The quantitative estimate of drug-likeness (QED) is 0.225. The van der Waals surface area contributed by atoms with Crippen molar-refractivity contribution in [3.05, 3.63) is 51.2 Å². The molecule has 3 unspecified atom stereocenters. The number of benzene rings is 1. The number of carbonyl (C=O) groups excluding carboxylic acids is 3. The molecule has 0 aromatic heterocycles. The molecule has 1 aliphatic heterocycles. The van der Waals surface area contributed by atoms with Gasteiger partial charge < -0.3 is 15.4 Å². The summed E-state index contributed by atoms with van der Waals surface area (Å²) in [6.45, 7) is 9.46. The Morgan fingerprint density at radius 1 is 1.23 bits per heavy atom. The summed E-state index contributed by atoms with van der Waals surface area (Å²) in [6.07, 6.45) is 1.74. The molecular formula is C25H34N4O6. The van der Waals surface area contributed by atoms with Gasteiger partial charge in [-0.3, -0.25) is 29.5 Å². The van der Waals surface area contributed by atoms with Gasteiger partial charge in [-0.2, -0.15) is 0 Å². The Morgan fingerprint density at radius 2 is 1.91 bits per heavy atom. The van der Waals surface area contributed by atoms with Crippen LogP contribution in [0.25, 0.3) is 0 Å². The summed E-state index contributed by atoms with van der Waals surface area (Å²) < 4.78 is 4.99. The predicted molar refractivity (Wildman–Crippen MR) is 132 cm³/mol. The number of nitrogens with zero attached hydrogens (tertiary/aromatic N) is 2. The number of unbranched alkanes of at least 4 members (excludes halogenated alkanes) is 1. The van der Waals surface area contributed by atoms with Crippen LogP contribution in [-0.2, 0) is 19.1 Å². The fraction of sp³-hybridized carbons (Fsp3) is 0.520. The number of methoxy groups -OCH3 is 1. The normalized spacial score (nSPS) is 18.5. The van der Waals surface area contributed by atoms with E-state index in [4.69, 9.17) is 4.74 Å². The smallest absolute Gasteiger partial charge is 0.315 e. The van der Waals surface area contributed by atoms with Crippen molar-refractivity contribution >= 4 is 29.2 Å².